The Balaban J connectivity index is 1.61. The largest absolute Gasteiger partial charge is 0.452 e. The van der Waals surface area contributed by atoms with E-state index in [2.05, 4.69) is 10.2 Å². The summed E-state index contributed by atoms with van der Waals surface area (Å²) in [6.45, 7) is 5.57. The first-order valence-electron chi connectivity index (χ1n) is 10.9. The predicted octanol–water partition coefficient (Wildman–Crippen LogP) is 3.77. The van der Waals surface area contributed by atoms with Gasteiger partial charge in [-0.25, -0.2) is 13.2 Å². The van der Waals surface area contributed by atoms with Gasteiger partial charge in [-0.3, -0.25) is 4.79 Å². The summed E-state index contributed by atoms with van der Waals surface area (Å²) in [6, 6.07) is 11.3. The fourth-order valence-corrected chi connectivity index (χ4v) is 5.35. The molecule has 0 spiro atoms. The number of halogens is 1. The van der Waals surface area contributed by atoms with Crippen molar-refractivity contribution < 1.29 is 22.7 Å². The van der Waals surface area contributed by atoms with E-state index >= 15 is 0 Å². The number of benzene rings is 2. The van der Waals surface area contributed by atoms with Crippen LogP contribution in [0, 0.1) is 0 Å². The fraction of sp³-hybridized carbons (Fsp3) is 0.391. The molecule has 10 heteroatoms. The van der Waals surface area contributed by atoms with E-state index in [4.69, 9.17) is 16.3 Å². The average Bonchev–Trinajstić information content (AvgIpc) is 3.34. The zero-order valence-electron chi connectivity index (χ0n) is 18.7. The minimum atomic E-state index is -3.77. The molecule has 1 aliphatic rings. The zero-order valence-corrected chi connectivity index (χ0v) is 20.3. The number of ether oxygens (including phenoxy) is 1. The Kier molecular flexibility index (Phi) is 8.34. The molecule has 1 saturated heterocycles. The molecule has 0 aliphatic carbocycles. The summed E-state index contributed by atoms with van der Waals surface area (Å²) in [5.41, 5.74) is 1.57. The summed E-state index contributed by atoms with van der Waals surface area (Å²) in [5.74, 6) is -1.39. The van der Waals surface area contributed by atoms with Gasteiger partial charge in [0.1, 0.15) is 0 Å². The lowest BCUT2D eigenvalue weighted by molar-refractivity contribution is -0.119. The van der Waals surface area contributed by atoms with Crippen molar-refractivity contribution in [2.24, 2.45) is 0 Å². The van der Waals surface area contributed by atoms with E-state index in [-0.39, 0.29) is 15.5 Å². The number of rotatable bonds is 9. The highest BCUT2D eigenvalue weighted by atomic mass is 35.5. The molecule has 0 unspecified atom stereocenters. The van der Waals surface area contributed by atoms with Crippen molar-refractivity contribution in [3.63, 3.8) is 0 Å². The van der Waals surface area contributed by atoms with Gasteiger partial charge in [0.25, 0.3) is 5.91 Å². The molecule has 0 aromatic heterocycles. The van der Waals surface area contributed by atoms with E-state index in [0.29, 0.717) is 18.8 Å². The first-order valence-corrected chi connectivity index (χ1v) is 12.7. The normalized spacial score (nSPS) is 13.9. The second kappa shape index (κ2) is 11.0. The minimum Gasteiger partial charge on any atom is -0.452 e. The van der Waals surface area contributed by atoms with E-state index in [0.717, 1.165) is 18.8 Å². The van der Waals surface area contributed by atoms with Gasteiger partial charge in [0.2, 0.25) is 10.0 Å². The minimum absolute atomic E-state index is 0.0383. The summed E-state index contributed by atoms with van der Waals surface area (Å²) in [5, 5.41) is 2.72. The van der Waals surface area contributed by atoms with Gasteiger partial charge in [0, 0.05) is 37.6 Å². The van der Waals surface area contributed by atoms with Gasteiger partial charge >= 0.3 is 5.97 Å². The first-order chi connectivity index (χ1) is 15.8. The molecule has 8 nitrogen and oxygen atoms in total. The Labute approximate surface area is 199 Å². The predicted molar refractivity (Wildman–Crippen MR) is 128 cm³/mol. The first kappa shape index (κ1) is 25.0. The average molecular weight is 494 g/mol. The highest BCUT2D eigenvalue weighted by Crippen LogP contribution is 2.24. The third-order valence-electron chi connectivity index (χ3n) is 5.46. The monoisotopic (exact) mass is 493 g/mol. The van der Waals surface area contributed by atoms with Gasteiger partial charge in [-0.2, -0.15) is 4.31 Å². The maximum absolute atomic E-state index is 12.7. The molecule has 3 rings (SSSR count). The van der Waals surface area contributed by atoms with Crippen molar-refractivity contribution in [3.8, 4) is 0 Å². The van der Waals surface area contributed by atoms with Crippen molar-refractivity contribution >= 4 is 44.9 Å². The maximum atomic E-state index is 12.7. The van der Waals surface area contributed by atoms with Gasteiger partial charge in [-0.15, -0.1) is 0 Å². The van der Waals surface area contributed by atoms with Crippen LogP contribution >= 0.6 is 11.6 Å². The molecule has 0 radical (unpaired) electrons. The van der Waals surface area contributed by atoms with Crippen molar-refractivity contribution in [1.82, 2.24) is 4.31 Å². The quantitative estimate of drug-likeness (QED) is 0.534. The Morgan fingerprint density at radius 1 is 1.06 bits per heavy atom. The van der Waals surface area contributed by atoms with E-state index in [9.17, 15) is 18.0 Å². The smallest absolute Gasteiger partial charge is 0.340 e. The molecule has 0 atom stereocenters. The summed E-state index contributed by atoms with van der Waals surface area (Å²) in [6.07, 6.45) is 2.36. The third-order valence-corrected chi connectivity index (χ3v) is 7.83. The van der Waals surface area contributed by atoms with Gasteiger partial charge in [0.15, 0.2) is 6.61 Å². The number of sulfonamides is 1. The topological polar surface area (TPSA) is 96.0 Å². The van der Waals surface area contributed by atoms with Crippen LogP contribution in [-0.4, -0.2) is 57.4 Å². The van der Waals surface area contributed by atoms with Crippen molar-refractivity contribution in [2.75, 3.05) is 43.0 Å². The molecule has 1 N–H and O–H groups in total. The SMILES string of the molecule is CCN(CC)S(=O)(=O)c1ccc(Cl)c(C(=O)OCC(=O)Nc2ccc(N3CCCC3)cc2)c1. The van der Waals surface area contributed by atoms with Crippen molar-refractivity contribution in [1.29, 1.82) is 0 Å². The Morgan fingerprint density at radius 2 is 1.70 bits per heavy atom. The van der Waals surface area contributed by atoms with Gasteiger partial charge in [-0.1, -0.05) is 25.4 Å². The number of carbonyl (C=O) groups excluding carboxylic acids is 2. The lowest BCUT2D eigenvalue weighted by Gasteiger charge is -2.19. The number of carbonyl (C=O) groups is 2. The van der Waals surface area contributed by atoms with E-state index in [1.54, 1.807) is 26.0 Å². The summed E-state index contributed by atoms with van der Waals surface area (Å²) < 4.78 is 31.8. The molecular weight excluding hydrogens is 466 g/mol. The van der Waals surface area contributed by atoms with Crippen LogP contribution in [0.3, 0.4) is 0 Å². The van der Waals surface area contributed by atoms with Gasteiger partial charge in [0.05, 0.1) is 15.5 Å². The molecule has 33 heavy (non-hydrogen) atoms. The fourth-order valence-electron chi connectivity index (χ4n) is 3.67. The van der Waals surface area contributed by atoms with E-state index in [1.165, 1.54) is 35.3 Å². The number of nitrogens with one attached hydrogen (secondary N) is 1. The van der Waals surface area contributed by atoms with Crippen LogP contribution in [0.5, 0.6) is 0 Å². The lowest BCUT2D eigenvalue weighted by atomic mass is 10.2. The van der Waals surface area contributed by atoms with Crippen LogP contribution in [-0.2, 0) is 19.6 Å². The standard InChI is InChI=1S/C23H28ClN3O5S/c1-3-27(4-2)33(30,31)19-11-12-21(24)20(15-19)23(29)32-16-22(28)25-17-7-9-18(10-8-17)26-13-5-6-14-26/h7-12,15H,3-6,13-14,16H2,1-2H3,(H,25,28). The van der Waals surface area contributed by atoms with Crippen LogP contribution < -0.4 is 10.2 Å². The molecule has 2 aromatic carbocycles. The van der Waals surface area contributed by atoms with Crippen molar-refractivity contribution in [3.05, 3.63) is 53.1 Å². The summed E-state index contributed by atoms with van der Waals surface area (Å²) in [7, 11) is -3.77. The molecular formula is C23H28ClN3O5S. The Morgan fingerprint density at radius 3 is 2.30 bits per heavy atom. The molecule has 0 saturated carbocycles. The number of nitrogens with zero attached hydrogens (tertiary/aromatic N) is 2. The molecule has 0 bridgehead atoms. The molecule has 2 aromatic rings. The molecule has 1 heterocycles. The second-order valence-corrected chi connectivity index (χ2v) is 9.94. The third kappa shape index (κ3) is 6.04. The van der Waals surface area contributed by atoms with E-state index < -0.39 is 28.5 Å². The maximum Gasteiger partial charge on any atom is 0.340 e. The second-order valence-electron chi connectivity index (χ2n) is 7.60. The van der Waals surface area contributed by atoms with Crippen LogP contribution in [0.4, 0.5) is 11.4 Å². The zero-order chi connectivity index (χ0) is 24.0. The molecule has 1 aliphatic heterocycles. The number of hydrogen-bond donors (Lipinski definition) is 1. The van der Waals surface area contributed by atoms with Crippen LogP contribution in [0.1, 0.15) is 37.0 Å². The van der Waals surface area contributed by atoms with E-state index in [1.807, 2.05) is 12.1 Å². The van der Waals surface area contributed by atoms with Crippen LogP contribution in [0.2, 0.25) is 5.02 Å². The summed E-state index contributed by atoms with van der Waals surface area (Å²) >= 11 is 6.09. The Hall–Kier alpha value is -2.62. The van der Waals surface area contributed by atoms with Gasteiger partial charge < -0.3 is 15.0 Å². The summed E-state index contributed by atoms with van der Waals surface area (Å²) in [4.78, 5) is 27.0. The van der Waals surface area contributed by atoms with Gasteiger partial charge in [-0.05, 0) is 55.3 Å². The molecule has 178 valence electrons. The van der Waals surface area contributed by atoms with Crippen LogP contribution in [0.15, 0.2) is 47.4 Å². The highest BCUT2D eigenvalue weighted by molar-refractivity contribution is 7.89. The van der Waals surface area contributed by atoms with Crippen LogP contribution in [0.25, 0.3) is 0 Å². The molecule has 1 fully saturated rings. The number of esters is 1. The number of hydrogen-bond acceptors (Lipinski definition) is 6. The highest BCUT2D eigenvalue weighted by Gasteiger charge is 2.24. The van der Waals surface area contributed by atoms with Crippen molar-refractivity contribution in [2.45, 2.75) is 31.6 Å². The number of anilines is 2. The number of amides is 1. The lowest BCUT2D eigenvalue weighted by Crippen LogP contribution is -2.30. The Bertz CT molecular complexity index is 1100. The molecule has 1 amide bonds.